The van der Waals surface area contributed by atoms with Gasteiger partial charge in [0.2, 0.25) is 6.10 Å². The summed E-state index contributed by atoms with van der Waals surface area (Å²) in [6, 6.07) is 0. The topological polar surface area (TPSA) is 58.9 Å². The van der Waals surface area contributed by atoms with Crippen molar-refractivity contribution in [2.75, 3.05) is 0 Å². The maximum atomic E-state index is 9.88. The van der Waals surface area contributed by atoms with Gasteiger partial charge in [0.1, 0.15) is 0 Å². The molecule has 1 N–H and O–H groups in total. The van der Waals surface area contributed by atoms with Crippen LogP contribution in [0.3, 0.4) is 0 Å². The maximum Gasteiger partial charge on any atom is 0.347 e. The molecule has 0 saturated carbocycles. The first-order valence-electron chi connectivity index (χ1n) is 2.03. The maximum absolute atomic E-state index is 9.88. The molecule has 0 amide bonds. The van der Waals surface area contributed by atoms with E-state index in [1.807, 2.05) is 0 Å². The van der Waals surface area contributed by atoms with Crippen molar-refractivity contribution < 1.29 is 14.7 Å². The molecule has 0 heterocycles. The number of nitrogens with zero attached hydrogens (tertiary/aromatic N) is 1. The van der Waals surface area contributed by atoms with Crippen LogP contribution >= 0.6 is 0 Å². The number of carbonyl (C=O) groups is 1. The van der Waals surface area contributed by atoms with Crippen molar-refractivity contribution in [1.82, 2.24) is 0 Å². The molecule has 0 fully saturated rings. The van der Waals surface area contributed by atoms with E-state index in [0.717, 1.165) is 0 Å². The van der Waals surface area contributed by atoms with Crippen molar-refractivity contribution in [2.24, 2.45) is 5.16 Å². The van der Waals surface area contributed by atoms with Gasteiger partial charge in [-0.05, 0) is 6.92 Å². The van der Waals surface area contributed by atoms with Crippen molar-refractivity contribution in [3.05, 3.63) is 0 Å². The lowest BCUT2D eigenvalue weighted by Crippen LogP contribution is -2.16. The molecule has 0 aromatic carbocycles. The highest BCUT2D eigenvalue weighted by Gasteiger charge is 2.09. The zero-order chi connectivity index (χ0) is 6.57. The largest absolute Gasteiger partial charge is 0.478 e. The minimum absolute atomic E-state index is 0.896. The summed E-state index contributed by atoms with van der Waals surface area (Å²) in [5.74, 6) is -1.04. The number of hydrogen-bond donors (Lipinski definition) is 1. The van der Waals surface area contributed by atoms with Crippen LogP contribution in [-0.4, -0.2) is 23.9 Å². The molecule has 0 saturated heterocycles. The third kappa shape index (κ3) is 2.17. The van der Waals surface area contributed by atoms with E-state index in [0.29, 0.717) is 0 Å². The van der Waals surface area contributed by atoms with Crippen molar-refractivity contribution in [2.45, 2.75) is 13.0 Å². The molecular weight excluding hydrogens is 110 g/mol. The van der Waals surface area contributed by atoms with Crippen molar-refractivity contribution in [3.63, 3.8) is 0 Å². The Bertz CT molecular complexity index is 101. The molecule has 4 heteroatoms. The van der Waals surface area contributed by atoms with Gasteiger partial charge >= 0.3 is 5.97 Å². The van der Waals surface area contributed by atoms with Crippen molar-refractivity contribution in [3.8, 4) is 0 Å². The van der Waals surface area contributed by atoms with Crippen LogP contribution in [0.15, 0.2) is 5.16 Å². The number of carboxylic acids is 1. The van der Waals surface area contributed by atoms with Gasteiger partial charge in [-0.1, -0.05) is 0 Å². The normalized spacial score (nSPS) is 12.1. The molecule has 1 atom stereocenters. The van der Waals surface area contributed by atoms with Crippen LogP contribution in [0.2, 0.25) is 0 Å². The SMILES string of the molecule is C=NOC(C)C(=O)O. The predicted octanol–water partition coefficient (Wildman–Crippen LogP) is 0.0917. The van der Waals surface area contributed by atoms with Gasteiger partial charge in [-0.25, -0.2) is 4.79 Å². The molecule has 0 aliphatic heterocycles. The van der Waals surface area contributed by atoms with Gasteiger partial charge in [-0.15, -0.1) is 5.16 Å². The van der Waals surface area contributed by atoms with E-state index in [2.05, 4.69) is 16.7 Å². The van der Waals surface area contributed by atoms with E-state index in [9.17, 15) is 4.79 Å². The molecular formula is C4H7NO3. The van der Waals surface area contributed by atoms with E-state index in [4.69, 9.17) is 5.11 Å². The van der Waals surface area contributed by atoms with Crippen LogP contribution in [0.4, 0.5) is 0 Å². The molecule has 0 radical (unpaired) electrons. The Hall–Kier alpha value is -1.06. The first kappa shape index (κ1) is 6.94. The predicted molar refractivity (Wildman–Crippen MR) is 27.7 cm³/mol. The number of aliphatic carboxylic acids is 1. The first-order valence-corrected chi connectivity index (χ1v) is 2.03. The molecule has 0 aromatic rings. The van der Waals surface area contributed by atoms with Crippen molar-refractivity contribution >= 4 is 12.7 Å². The van der Waals surface area contributed by atoms with Crippen LogP contribution in [0.5, 0.6) is 0 Å². The second-order valence-corrected chi connectivity index (χ2v) is 1.21. The Labute approximate surface area is 46.8 Å². The Morgan fingerprint density at radius 2 is 2.50 bits per heavy atom. The lowest BCUT2D eigenvalue weighted by Gasteiger charge is -1.99. The van der Waals surface area contributed by atoms with Crippen LogP contribution < -0.4 is 0 Å². The molecule has 0 aromatic heterocycles. The van der Waals surface area contributed by atoms with Crippen LogP contribution in [0.25, 0.3) is 0 Å². The van der Waals surface area contributed by atoms with E-state index in [1.54, 1.807) is 0 Å². The zero-order valence-electron chi connectivity index (χ0n) is 4.50. The smallest absolute Gasteiger partial charge is 0.347 e. The fraction of sp³-hybridized carbons (Fsp3) is 0.500. The van der Waals surface area contributed by atoms with Crippen LogP contribution in [-0.2, 0) is 9.63 Å². The van der Waals surface area contributed by atoms with Gasteiger partial charge in [0.05, 0.1) is 0 Å². The minimum atomic E-state index is -1.04. The van der Waals surface area contributed by atoms with Gasteiger partial charge < -0.3 is 9.94 Å². The summed E-state index contributed by atoms with van der Waals surface area (Å²) in [7, 11) is 0. The summed E-state index contributed by atoms with van der Waals surface area (Å²) >= 11 is 0. The number of hydrogen-bond acceptors (Lipinski definition) is 3. The molecule has 0 bridgehead atoms. The summed E-state index contributed by atoms with van der Waals surface area (Å²) in [6.45, 7) is 4.32. The van der Waals surface area contributed by atoms with Gasteiger partial charge in [0.15, 0.2) is 0 Å². The fourth-order valence-electron chi connectivity index (χ4n) is 0.157. The van der Waals surface area contributed by atoms with E-state index in [1.165, 1.54) is 6.92 Å². The van der Waals surface area contributed by atoms with E-state index < -0.39 is 12.1 Å². The number of rotatable bonds is 3. The fourth-order valence-corrected chi connectivity index (χ4v) is 0.157. The Morgan fingerprint density at radius 3 is 2.62 bits per heavy atom. The average Bonchev–Trinajstić information content (AvgIpc) is 1.67. The zero-order valence-corrected chi connectivity index (χ0v) is 4.50. The standard InChI is InChI=1S/C4H7NO3/c1-3(4(6)7)8-5-2/h3H,2H2,1H3,(H,6,7). The summed E-state index contributed by atoms with van der Waals surface area (Å²) < 4.78 is 0. The van der Waals surface area contributed by atoms with Gasteiger partial charge in [-0.2, -0.15) is 0 Å². The Balaban J connectivity index is 3.46. The summed E-state index contributed by atoms with van der Waals surface area (Å²) in [5.41, 5.74) is 0. The number of carboxylic acid groups (broad SMARTS) is 1. The highest BCUT2D eigenvalue weighted by atomic mass is 16.6. The third-order valence-electron chi connectivity index (χ3n) is 0.580. The van der Waals surface area contributed by atoms with Gasteiger partial charge in [0, 0.05) is 6.72 Å². The summed E-state index contributed by atoms with van der Waals surface area (Å²) in [4.78, 5) is 14.1. The van der Waals surface area contributed by atoms with Gasteiger partial charge in [0.25, 0.3) is 0 Å². The third-order valence-corrected chi connectivity index (χ3v) is 0.580. The lowest BCUT2D eigenvalue weighted by molar-refractivity contribution is -0.148. The quantitative estimate of drug-likeness (QED) is 0.421. The molecule has 0 aliphatic rings. The second kappa shape index (κ2) is 3.01. The molecule has 0 spiro atoms. The average molecular weight is 117 g/mol. The van der Waals surface area contributed by atoms with E-state index >= 15 is 0 Å². The lowest BCUT2D eigenvalue weighted by atomic mass is 10.4. The highest BCUT2D eigenvalue weighted by Crippen LogP contribution is 1.87. The van der Waals surface area contributed by atoms with Crippen LogP contribution in [0.1, 0.15) is 6.92 Å². The van der Waals surface area contributed by atoms with Gasteiger partial charge in [-0.3, -0.25) is 0 Å². The van der Waals surface area contributed by atoms with Crippen molar-refractivity contribution in [1.29, 1.82) is 0 Å². The highest BCUT2D eigenvalue weighted by molar-refractivity contribution is 5.71. The monoisotopic (exact) mass is 117 g/mol. The summed E-state index contributed by atoms with van der Waals surface area (Å²) in [5, 5.41) is 11.0. The Kier molecular flexibility index (Phi) is 2.61. The number of oxime groups is 1. The molecule has 1 unspecified atom stereocenters. The molecule has 8 heavy (non-hydrogen) atoms. The molecule has 0 aliphatic carbocycles. The van der Waals surface area contributed by atoms with Crippen LogP contribution in [0, 0.1) is 0 Å². The molecule has 4 nitrogen and oxygen atoms in total. The second-order valence-electron chi connectivity index (χ2n) is 1.21. The molecule has 0 rings (SSSR count). The summed E-state index contributed by atoms with van der Waals surface area (Å²) in [6.07, 6.45) is -0.896. The van der Waals surface area contributed by atoms with E-state index in [-0.39, 0.29) is 0 Å². The molecule has 46 valence electrons. The first-order chi connectivity index (χ1) is 3.68. The Morgan fingerprint density at radius 1 is 2.00 bits per heavy atom. The minimum Gasteiger partial charge on any atom is -0.478 e.